The Bertz CT molecular complexity index is 286. The molecule has 0 fully saturated rings. The fourth-order valence-corrected chi connectivity index (χ4v) is 1.04. The van der Waals surface area contributed by atoms with Crippen molar-refractivity contribution >= 4 is 5.69 Å². The number of nitrogens with two attached hydrogens (primary N) is 1. The second-order valence-electron chi connectivity index (χ2n) is 2.60. The van der Waals surface area contributed by atoms with Gasteiger partial charge in [0.05, 0.1) is 6.61 Å². The summed E-state index contributed by atoms with van der Waals surface area (Å²) in [4.78, 5) is 0. The lowest BCUT2D eigenvalue weighted by Crippen LogP contribution is -2.02. The summed E-state index contributed by atoms with van der Waals surface area (Å²) in [6.45, 7) is 2.28. The minimum atomic E-state index is -1.53. The van der Waals surface area contributed by atoms with Gasteiger partial charge in [0.25, 0.3) is 0 Å². The zero-order valence-corrected chi connectivity index (χ0v) is 7.40. The van der Waals surface area contributed by atoms with E-state index in [0.29, 0.717) is 23.6 Å². The monoisotopic (exact) mass is 183 g/mol. The third-order valence-electron chi connectivity index (χ3n) is 1.62. The molecule has 0 saturated heterocycles. The summed E-state index contributed by atoms with van der Waals surface area (Å²) in [5.74, 6) is 0.414. The molecular formula is C9H13NO3. The number of benzene rings is 1. The third-order valence-corrected chi connectivity index (χ3v) is 1.62. The Morgan fingerprint density at radius 1 is 1.46 bits per heavy atom. The predicted octanol–water partition coefficient (Wildman–Crippen LogP) is 0.651. The summed E-state index contributed by atoms with van der Waals surface area (Å²) >= 11 is 0. The molecule has 4 nitrogen and oxygen atoms in total. The molecule has 0 unspecified atom stereocenters. The average molecular weight is 183 g/mol. The van der Waals surface area contributed by atoms with Crippen LogP contribution in [0.1, 0.15) is 18.8 Å². The largest absolute Gasteiger partial charge is 0.493 e. The molecule has 1 aromatic carbocycles. The lowest BCUT2D eigenvalue weighted by Gasteiger charge is -2.11. The summed E-state index contributed by atoms with van der Waals surface area (Å²) in [6.07, 6.45) is -1.53. The van der Waals surface area contributed by atoms with E-state index in [1.54, 1.807) is 12.1 Å². The van der Waals surface area contributed by atoms with Gasteiger partial charge in [-0.3, -0.25) is 0 Å². The summed E-state index contributed by atoms with van der Waals surface area (Å²) < 4.78 is 5.18. The molecule has 1 rings (SSSR count). The fraction of sp³-hybridized carbons (Fsp3) is 0.333. The highest BCUT2D eigenvalue weighted by molar-refractivity contribution is 5.48. The highest BCUT2D eigenvalue weighted by atomic mass is 16.5. The number of ether oxygens (including phenoxy) is 1. The highest BCUT2D eigenvalue weighted by Gasteiger charge is 2.09. The van der Waals surface area contributed by atoms with Crippen molar-refractivity contribution in [2.24, 2.45) is 0 Å². The van der Waals surface area contributed by atoms with Gasteiger partial charge in [-0.05, 0) is 19.1 Å². The van der Waals surface area contributed by atoms with E-state index in [4.69, 9.17) is 20.7 Å². The topological polar surface area (TPSA) is 75.7 Å². The van der Waals surface area contributed by atoms with E-state index in [-0.39, 0.29) is 0 Å². The molecule has 0 radical (unpaired) electrons. The smallest absolute Gasteiger partial charge is 0.182 e. The van der Waals surface area contributed by atoms with E-state index >= 15 is 0 Å². The van der Waals surface area contributed by atoms with Crippen LogP contribution in [0.3, 0.4) is 0 Å². The zero-order chi connectivity index (χ0) is 9.84. The molecule has 0 bridgehead atoms. The summed E-state index contributed by atoms with van der Waals surface area (Å²) in [6, 6.07) is 4.70. The first-order valence-electron chi connectivity index (χ1n) is 4.03. The van der Waals surface area contributed by atoms with Crippen LogP contribution in [-0.2, 0) is 0 Å². The fourth-order valence-electron chi connectivity index (χ4n) is 1.04. The van der Waals surface area contributed by atoms with E-state index in [1.165, 1.54) is 6.07 Å². The van der Waals surface area contributed by atoms with Gasteiger partial charge in [-0.2, -0.15) is 0 Å². The number of rotatable bonds is 3. The van der Waals surface area contributed by atoms with Crippen molar-refractivity contribution in [3.8, 4) is 5.75 Å². The van der Waals surface area contributed by atoms with E-state index in [9.17, 15) is 0 Å². The molecule has 0 aliphatic carbocycles. The molecule has 4 heteroatoms. The molecule has 0 aliphatic heterocycles. The Morgan fingerprint density at radius 3 is 2.69 bits per heavy atom. The molecule has 1 aromatic rings. The Labute approximate surface area is 76.6 Å². The zero-order valence-electron chi connectivity index (χ0n) is 7.40. The second-order valence-corrected chi connectivity index (χ2v) is 2.60. The maximum Gasteiger partial charge on any atom is 0.182 e. The van der Waals surface area contributed by atoms with Crippen LogP contribution in [0.25, 0.3) is 0 Å². The van der Waals surface area contributed by atoms with Crippen molar-refractivity contribution in [2.75, 3.05) is 12.3 Å². The van der Waals surface area contributed by atoms with E-state index < -0.39 is 6.29 Å². The first-order valence-corrected chi connectivity index (χ1v) is 4.03. The Hall–Kier alpha value is -1.26. The van der Waals surface area contributed by atoms with Crippen molar-refractivity contribution in [1.82, 2.24) is 0 Å². The molecule has 0 heterocycles. The van der Waals surface area contributed by atoms with Gasteiger partial charge in [0.15, 0.2) is 6.29 Å². The molecule has 0 spiro atoms. The number of hydrogen-bond donors (Lipinski definition) is 3. The number of aliphatic hydroxyl groups is 2. The average Bonchev–Trinajstić information content (AvgIpc) is 2.04. The number of anilines is 1. The van der Waals surface area contributed by atoms with E-state index in [2.05, 4.69) is 0 Å². The van der Waals surface area contributed by atoms with Crippen molar-refractivity contribution in [3.63, 3.8) is 0 Å². The highest BCUT2D eigenvalue weighted by Crippen LogP contribution is 2.26. The quantitative estimate of drug-likeness (QED) is 0.475. The van der Waals surface area contributed by atoms with Gasteiger partial charge in [-0.15, -0.1) is 0 Å². The minimum absolute atomic E-state index is 0.330. The third kappa shape index (κ3) is 2.34. The molecule has 0 amide bonds. The summed E-state index contributed by atoms with van der Waals surface area (Å²) in [5, 5.41) is 17.9. The SMILES string of the molecule is CCOc1cc(N)ccc1C(O)O. The molecule has 0 atom stereocenters. The van der Waals surface area contributed by atoms with Gasteiger partial charge in [0.2, 0.25) is 0 Å². The van der Waals surface area contributed by atoms with E-state index in [0.717, 1.165) is 0 Å². The first kappa shape index (κ1) is 9.83. The van der Waals surface area contributed by atoms with Gasteiger partial charge in [-0.25, -0.2) is 0 Å². The van der Waals surface area contributed by atoms with Crippen LogP contribution in [0.5, 0.6) is 5.75 Å². The molecule has 13 heavy (non-hydrogen) atoms. The maximum atomic E-state index is 8.96. The molecule has 0 saturated carbocycles. The lowest BCUT2D eigenvalue weighted by molar-refractivity contribution is -0.0441. The van der Waals surface area contributed by atoms with Crippen LogP contribution in [0, 0.1) is 0 Å². The van der Waals surface area contributed by atoms with Crippen LogP contribution in [0.15, 0.2) is 18.2 Å². The van der Waals surface area contributed by atoms with Gasteiger partial charge in [-0.1, -0.05) is 0 Å². The Balaban J connectivity index is 3.03. The van der Waals surface area contributed by atoms with Crippen molar-refractivity contribution in [3.05, 3.63) is 23.8 Å². The second kappa shape index (κ2) is 4.11. The predicted molar refractivity (Wildman–Crippen MR) is 49.2 cm³/mol. The Morgan fingerprint density at radius 2 is 2.15 bits per heavy atom. The number of hydrogen-bond acceptors (Lipinski definition) is 4. The van der Waals surface area contributed by atoms with Gasteiger partial charge in [0, 0.05) is 17.3 Å². The van der Waals surface area contributed by atoms with Crippen molar-refractivity contribution < 1.29 is 14.9 Å². The van der Waals surface area contributed by atoms with Crippen LogP contribution in [0.4, 0.5) is 5.69 Å². The molecule has 4 N–H and O–H groups in total. The van der Waals surface area contributed by atoms with Gasteiger partial charge in [0.1, 0.15) is 5.75 Å². The van der Waals surface area contributed by atoms with Gasteiger partial charge >= 0.3 is 0 Å². The maximum absolute atomic E-state index is 8.96. The normalized spacial score (nSPS) is 10.5. The summed E-state index contributed by atoms with van der Waals surface area (Å²) in [7, 11) is 0. The van der Waals surface area contributed by atoms with E-state index in [1.807, 2.05) is 6.92 Å². The standard InChI is InChI=1S/C9H13NO3/c1-2-13-8-5-6(10)3-4-7(8)9(11)12/h3-5,9,11-12H,2,10H2,1H3. The van der Waals surface area contributed by atoms with Crippen LogP contribution in [-0.4, -0.2) is 16.8 Å². The lowest BCUT2D eigenvalue weighted by atomic mass is 10.2. The summed E-state index contributed by atoms with van der Waals surface area (Å²) in [5.41, 5.74) is 6.38. The van der Waals surface area contributed by atoms with Crippen LogP contribution < -0.4 is 10.5 Å². The van der Waals surface area contributed by atoms with Gasteiger partial charge < -0.3 is 20.7 Å². The van der Waals surface area contributed by atoms with Crippen molar-refractivity contribution in [2.45, 2.75) is 13.2 Å². The van der Waals surface area contributed by atoms with Crippen LogP contribution in [0.2, 0.25) is 0 Å². The first-order chi connectivity index (χ1) is 6.15. The molecule has 72 valence electrons. The molecular weight excluding hydrogens is 170 g/mol. The number of nitrogen functional groups attached to an aromatic ring is 1. The van der Waals surface area contributed by atoms with Crippen molar-refractivity contribution in [1.29, 1.82) is 0 Å². The number of aliphatic hydroxyl groups excluding tert-OH is 1. The molecule has 0 aliphatic rings. The minimum Gasteiger partial charge on any atom is -0.493 e. The van der Waals surface area contributed by atoms with Crippen LogP contribution >= 0.6 is 0 Å². The Kier molecular flexibility index (Phi) is 3.11. The molecule has 0 aromatic heterocycles.